The van der Waals surface area contributed by atoms with E-state index in [9.17, 15) is 0 Å². The van der Waals surface area contributed by atoms with Crippen molar-refractivity contribution in [3.05, 3.63) is 83.9 Å². The molecule has 0 radical (unpaired) electrons. The van der Waals surface area contributed by atoms with Gasteiger partial charge in [-0.25, -0.2) is 4.98 Å². The van der Waals surface area contributed by atoms with Crippen LogP contribution in [0.4, 0.5) is 0 Å². The molecule has 2 heterocycles. The summed E-state index contributed by atoms with van der Waals surface area (Å²) in [5.41, 5.74) is 5.79. The number of pyridine rings is 1. The van der Waals surface area contributed by atoms with E-state index in [1.807, 2.05) is 18.5 Å². The number of nitrogens with one attached hydrogen (secondary N) is 2. The molecule has 146 valence electrons. The highest BCUT2D eigenvalue weighted by Crippen LogP contribution is 2.38. The van der Waals surface area contributed by atoms with Gasteiger partial charge in [-0.2, -0.15) is 0 Å². The van der Waals surface area contributed by atoms with Crippen LogP contribution in [-0.4, -0.2) is 15.0 Å². The third kappa shape index (κ3) is 3.56. The number of hydrogen-bond donors (Lipinski definition) is 2. The van der Waals surface area contributed by atoms with E-state index in [-0.39, 0.29) is 5.54 Å². The molecule has 4 nitrogen and oxygen atoms in total. The molecular weight excluding hydrogens is 356 g/mol. The number of aromatic nitrogens is 3. The first-order valence-corrected chi connectivity index (χ1v) is 10.4. The van der Waals surface area contributed by atoms with E-state index in [4.69, 9.17) is 4.98 Å². The molecule has 4 heteroatoms. The second kappa shape index (κ2) is 7.45. The molecule has 0 atom stereocenters. The Kier molecular flexibility index (Phi) is 4.64. The van der Waals surface area contributed by atoms with E-state index >= 15 is 0 Å². The Bertz CT molecular complexity index is 1120. The Morgan fingerprint density at radius 3 is 2.66 bits per heavy atom. The molecule has 0 saturated heterocycles. The first-order valence-electron chi connectivity index (χ1n) is 10.4. The molecule has 1 fully saturated rings. The molecule has 2 aromatic heterocycles. The maximum Gasteiger partial charge on any atom is 0.126 e. The van der Waals surface area contributed by atoms with Crippen LogP contribution in [0.3, 0.4) is 0 Å². The highest BCUT2D eigenvalue weighted by molar-refractivity contribution is 5.78. The molecule has 1 saturated carbocycles. The fourth-order valence-corrected chi connectivity index (χ4v) is 4.43. The number of aromatic amines is 1. The number of nitrogens with zero attached hydrogens (tertiary/aromatic N) is 2. The molecular formula is C25H26N4. The van der Waals surface area contributed by atoms with Crippen LogP contribution in [0.25, 0.3) is 22.2 Å². The summed E-state index contributed by atoms with van der Waals surface area (Å²) >= 11 is 0. The lowest BCUT2D eigenvalue weighted by Gasteiger charge is -2.28. The molecule has 1 aliphatic rings. The molecule has 0 amide bonds. The van der Waals surface area contributed by atoms with Crippen LogP contribution in [0.1, 0.15) is 42.6 Å². The van der Waals surface area contributed by atoms with Crippen molar-refractivity contribution in [2.24, 2.45) is 0 Å². The molecule has 29 heavy (non-hydrogen) atoms. The average Bonchev–Trinajstić information content (AvgIpc) is 3.43. The number of imidazole rings is 1. The normalized spacial score (nSPS) is 15.8. The fraction of sp³-hybridized carbons (Fsp3) is 0.280. The van der Waals surface area contributed by atoms with Crippen LogP contribution in [0.15, 0.2) is 67.0 Å². The van der Waals surface area contributed by atoms with Crippen molar-refractivity contribution in [1.29, 1.82) is 0 Å². The van der Waals surface area contributed by atoms with Crippen molar-refractivity contribution in [2.45, 2.75) is 44.7 Å². The minimum Gasteiger partial charge on any atom is -0.340 e. The summed E-state index contributed by atoms with van der Waals surface area (Å²) in [5, 5.41) is 5.04. The van der Waals surface area contributed by atoms with Crippen LogP contribution in [-0.2, 0) is 12.1 Å². The standard InChI is InChI=1S/C25H26N4/c1-18-6-9-20(10-7-18)23-17-27-24(29-23)25(12-2-3-13-25)28-16-19-8-11-22-21(15-19)5-4-14-26-22/h4-11,14-15,17,28H,2-3,12-13,16H2,1H3,(H,27,29). The van der Waals surface area contributed by atoms with Gasteiger partial charge in [-0.05, 0) is 49.1 Å². The lowest BCUT2D eigenvalue weighted by atomic mass is 9.96. The Balaban J connectivity index is 1.39. The van der Waals surface area contributed by atoms with Gasteiger partial charge in [0.05, 0.1) is 22.9 Å². The van der Waals surface area contributed by atoms with Crippen molar-refractivity contribution < 1.29 is 0 Å². The second-order valence-electron chi connectivity index (χ2n) is 8.18. The third-order valence-corrected chi connectivity index (χ3v) is 6.15. The smallest absolute Gasteiger partial charge is 0.126 e. The molecule has 2 N–H and O–H groups in total. The minimum atomic E-state index is -0.0765. The average molecular weight is 383 g/mol. The van der Waals surface area contributed by atoms with Gasteiger partial charge in [-0.3, -0.25) is 4.98 Å². The van der Waals surface area contributed by atoms with Gasteiger partial charge in [0.2, 0.25) is 0 Å². The zero-order chi connectivity index (χ0) is 19.7. The zero-order valence-electron chi connectivity index (χ0n) is 16.8. The van der Waals surface area contributed by atoms with Gasteiger partial charge in [0.15, 0.2) is 0 Å². The van der Waals surface area contributed by atoms with Crippen molar-refractivity contribution in [1.82, 2.24) is 20.3 Å². The largest absolute Gasteiger partial charge is 0.340 e. The predicted molar refractivity (Wildman–Crippen MR) is 117 cm³/mol. The molecule has 1 aliphatic carbocycles. The van der Waals surface area contributed by atoms with Crippen molar-refractivity contribution in [3.8, 4) is 11.3 Å². The molecule has 4 aromatic rings. The van der Waals surface area contributed by atoms with E-state index in [1.165, 1.54) is 34.9 Å². The topological polar surface area (TPSA) is 53.6 Å². The van der Waals surface area contributed by atoms with Gasteiger partial charge in [-0.1, -0.05) is 54.8 Å². The second-order valence-corrected chi connectivity index (χ2v) is 8.18. The molecule has 0 spiro atoms. The van der Waals surface area contributed by atoms with Crippen molar-refractivity contribution in [2.75, 3.05) is 0 Å². The maximum absolute atomic E-state index is 4.80. The Morgan fingerprint density at radius 1 is 1.00 bits per heavy atom. The number of aryl methyl sites for hydroxylation is 1. The molecule has 0 bridgehead atoms. The summed E-state index contributed by atoms with van der Waals surface area (Å²) in [6.07, 6.45) is 8.51. The van der Waals surface area contributed by atoms with Gasteiger partial charge in [0.25, 0.3) is 0 Å². The number of hydrogen-bond acceptors (Lipinski definition) is 3. The molecule has 0 unspecified atom stereocenters. The lowest BCUT2D eigenvalue weighted by molar-refractivity contribution is 0.321. The fourth-order valence-electron chi connectivity index (χ4n) is 4.43. The number of H-pyrrole nitrogens is 1. The van der Waals surface area contributed by atoms with E-state index in [1.54, 1.807) is 0 Å². The lowest BCUT2D eigenvalue weighted by Crippen LogP contribution is -2.40. The van der Waals surface area contributed by atoms with Crippen LogP contribution in [0, 0.1) is 6.92 Å². The van der Waals surface area contributed by atoms with E-state index in [0.29, 0.717) is 0 Å². The highest BCUT2D eigenvalue weighted by atomic mass is 15.1. The molecule has 5 rings (SSSR count). The third-order valence-electron chi connectivity index (χ3n) is 6.15. The molecule has 0 aliphatic heterocycles. The van der Waals surface area contributed by atoms with E-state index in [0.717, 1.165) is 36.4 Å². The number of rotatable bonds is 5. The summed E-state index contributed by atoms with van der Waals surface area (Å²) in [4.78, 5) is 12.8. The predicted octanol–water partition coefficient (Wildman–Crippen LogP) is 5.49. The van der Waals surface area contributed by atoms with Gasteiger partial charge in [-0.15, -0.1) is 0 Å². The number of fused-ring (bicyclic) bond motifs is 1. The van der Waals surface area contributed by atoms with Crippen molar-refractivity contribution in [3.63, 3.8) is 0 Å². The summed E-state index contributed by atoms with van der Waals surface area (Å²) in [5.74, 6) is 1.06. The first-order chi connectivity index (χ1) is 14.2. The highest BCUT2D eigenvalue weighted by Gasteiger charge is 2.37. The number of benzene rings is 2. The summed E-state index contributed by atoms with van der Waals surface area (Å²) < 4.78 is 0. The van der Waals surface area contributed by atoms with Gasteiger partial charge < -0.3 is 10.3 Å². The quantitative estimate of drug-likeness (QED) is 0.480. The summed E-state index contributed by atoms with van der Waals surface area (Å²) in [6, 6.07) is 19.2. The summed E-state index contributed by atoms with van der Waals surface area (Å²) in [7, 11) is 0. The van der Waals surface area contributed by atoms with Crippen LogP contribution >= 0.6 is 0 Å². The zero-order valence-corrected chi connectivity index (χ0v) is 16.8. The Morgan fingerprint density at radius 2 is 1.83 bits per heavy atom. The van der Waals surface area contributed by atoms with Gasteiger partial charge >= 0.3 is 0 Å². The van der Waals surface area contributed by atoms with Crippen LogP contribution < -0.4 is 5.32 Å². The van der Waals surface area contributed by atoms with Crippen LogP contribution in [0.2, 0.25) is 0 Å². The van der Waals surface area contributed by atoms with E-state index in [2.05, 4.69) is 70.7 Å². The maximum atomic E-state index is 4.80. The monoisotopic (exact) mass is 382 g/mol. The van der Waals surface area contributed by atoms with Crippen LogP contribution in [0.5, 0.6) is 0 Å². The van der Waals surface area contributed by atoms with E-state index < -0.39 is 0 Å². The Hall–Kier alpha value is -2.98. The molecule has 2 aromatic carbocycles. The Labute approximate surface area is 171 Å². The first kappa shape index (κ1) is 18.1. The minimum absolute atomic E-state index is 0.0765. The van der Waals surface area contributed by atoms with Gasteiger partial charge in [0, 0.05) is 18.1 Å². The summed E-state index contributed by atoms with van der Waals surface area (Å²) in [6.45, 7) is 2.94. The van der Waals surface area contributed by atoms with Gasteiger partial charge in [0.1, 0.15) is 5.82 Å². The van der Waals surface area contributed by atoms with Crippen molar-refractivity contribution >= 4 is 10.9 Å². The SMILES string of the molecule is Cc1ccc(-c2cnc(C3(NCc4ccc5ncccc5c4)CCCC3)[nH]2)cc1.